The van der Waals surface area contributed by atoms with Crippen LogP contribution in [0.1, 0.15) is 40.2 Å². The lowest BCUT2D eigenvalue weighted by Gasteiger charge is -2.14. The summed E-state index contributed by atoms with van der Waals surface area (Å²) in [4.78, 5) is 12.6. The highest BCUT2D eigenvalue weighted by molar-refractivity contribution is 7.93. The van der Waals surface area contributed by atoms with Crippen molar-refractivity contribution in [3.8, 4) is 0 Å². The molecule has 2 aromatic carbocycles. The van der Waals surface area contributed by atoms with E-state index < -0.39 is 9.84 Å². The molecule has 0 unspecified atom stereocenters. The van der Waals surface area contributed by atoms with Crippen LogP contribution >= 0.6 is 11.6 Å². The number of halogens is 1. The standard InChI is InChI=1S/C21H23ClN2O3S/c1-28(26,27)12-4-11-23-21(25)18-10-9-16(15-7-8-15)13-20(18)24-14-17-5-2-3-6-19(17)22/h2-6,9-10,12-13,15,24H,7-8,11,14H2,1H3,(H,23,25)/b12-4+. The lowest BCUT2D eigenvalue weighted by molar-refractivity contribution is 0.0958. The van der Waals surface area contributed by atoms with E-state index >= 15 is 0 Å². The summed E-state index contributed by atoms with van der Waals surface area (Å²) in [5, 5.41) is 7.81. The maximum atomic E-state index is 12.6. The zero-order valence-corrected chi connectivity index (χ0v) is 17.2. The van der Waals surface area contributed by atoms with Crippen LogP contribution in [-0.2, 0) is 16.4 Å². The molecule has 3 rings (SSSR count). The fourth-order valence-electron chi connectivity index (χ4n) is 2.88. The number of hydrogen-bond donors (Lipinski definition) is 2. The first-order chi connectivity index (χ1) is 13.3. The Morgan fingerprint density at radius 3 is 2.64 bits per heavy atom. The Kier molecular flexibility index (Phi) is 6.42. The molecule has 1 aliphatic carbocycles. The molecule has 28 heavy (non-hydrogen) atoms. The van der Waals surface area contributed by atoms with Gasteiger partial charge in [0.25, 0.3) is 5.91 Å². The Hall–Kier alpha value is -2.31. The molecular formula is C21H23ClN2O3S. The molecular weight excluding hydrogens is 396 g/mol. The highest BCUT2D eigenvalue weighted by Crippen LogP contribution is 2.41. The van der Waals surface area contributed by atoms with Crippen molar-refractivity contribution in [2.75, 3.05) is 18.1 Å². The van der Waals surface area contributed by atoms with Gasteiger partial charge in [0.1, 0.15) is 0 Å². The van der Waals surface area contributed by atoms with Gasteiger partial charge in [0, 0.05) is 35.5 Å². The second-order valence-corrected chi connectivity index (χ2v) is 9.27. The Bertz CT molecular complexity index is 998. The van der Waals surface area contributed by atoms with Crippen molar-refractivity contribution in [3.05, 3.63) is 75.7 Å². The highest BCUT2D eigenvalue weighted by Gasteiger charge is 2.25. The van der Waals surface area contributed by atoms with Crippen LogP contribution in [0, 0.1) is 0 Å². The minimum atomic E-state index is -3.20. The van der Waals surface area contributed by atoms with E-state index in [1.165, 1.54) is 24.5 Å². The van der Waals surface area contributed by atoms with E-state index in [0.717, 1.165) is 22.9 Å². The van der Waals surface area contributed by atoms with Crippen LogP contribution in [0.4, 0.5) is 5.69 Å². The van der Waals surface area contributed by atoms with Crippen LogP contribution in [0.15, 0.2) is 53.9 Å². The second kappa shape index (κ2) is 8.80. The van der Waals surface area contributed by atoms with Crippen molar-refractivity contribution >= 4 is 33.0 Å². The number of anilines is 1. The van der Waals surface area contributed by atoms with Crippen LogP contribution < -0.4 is 10.6 Å². The fourth-order valence-corrected chi connectivity index (χ4v) is 3.53. The van der Waals surface area contributed by atoms with Gasteiger partial charge in [-0.3, -0.25) is 4.79 Å². The van der Waals surface area contributed by atoms with Crippen molar-refractivity contribution in [3.63, 3.8) is 0 Å². The number of benzene rings is 2. The third-order valence-electron chi connectivity index (χ3n) is 4.49. The van der Waals surface area contributed by atoms with Gasteiger partial charge in [0.15, 0.2) is 9.84 Å². The van der Waals surface area contributed by atoms with Crippen LogP contribution in [0.3, 0.4) is 0 Å². The van der Waals surface area contributed by atoms with Gasteiger partial charge in [0.05, 0.1) is 5.56 Å². The van der Waals surface area contributed by atoms with Crippen molar-refractivity contribution in [1.29, 1.82) is 0 Å². The van der Waals surface area contributed by atoms with E-state index in [1.54, 1.807) is 0 Å². The fraction of sp³-hybridized carbons (Fsp3) is 0.286. The number of rotatable bonds is 8. The molecule has 0 saturated heterocycles. The average Bonchev–Trinajstić information content (AvgIpc) is 3.49. The van der Waals surface area contributed by atoms with Gasteiger partial charge in [-0.1, -0.05) is 41.9 Å². The van der Waals surface area contributed by atoms with Crippen LogP contribution in [-0.4, -0.2) is 27.1 Å². The first-order valence-corrected chi connectivity index (χ1v) is 11.4. The Labute approximate surface area is 170 Å². The summed E-state index contributed by atoms with van der Waals surface area (Å²) in [7, 11) is -3.20. The van der Waals surface area contributed by atoms with Gasteiger partial charge in [-0.25, -0.2) is 8.42 Å². The van der Waals surface area contributed by atoms with Crippen molar-refractivity contribution in [2.24, 2.45) is 0 Å². The van der Waals surface area contributed by atoms with Crippen LogP contribution in [0.5, 0.6) is 0 Å². The molecule has 0 bridgehead atoms. The molecule has 0 atom stereocenters. The predicted molar refractivity (Wildman–Crippen MR) is 114 cm³/mol. The molecule has 0 aromatic heterocycles. The number of sulfone groups is 1. The zero-order valence-electron chi connectivity index (χ0n) is 15.6. The van der Waals surface area contributed by atoms with E-state index in [4.69, 9.17) is 11.6 Å². The molecule has 1 amide bonds. The summed E-state index contributed by atoms with van der Waals surface area (Å²) in [5.41, 5.74) is 3.43. The monoisotopic (exact) mass is 418 g/mol. The summed E-state index contributed by atoms with van der Waals surface area (Å²) in [6.45, 7) is 0.641. The van der Waals surface area contributed by atoms with Crippen LogP contribution in [0.25, 0.3) is 0 Å². The smallest absolute Gasteiger partial charge is 0.253 e. The quantitative estimate of drug-likeness (QED) is 0.676. The number of nitrogens with one attached hydrogen (secondary N) is 2. The zero-order chi connectivity index (χ0) is 20.1. The van der Waals surface area contributed by atoms with Crippen molar-refractivity contribution < 1.29 is 13.2 Å². The summed E-state index contributed by atoms with van der Waals surface area (Å²) in [6, 6.07) is 13.4. The molecule has 1 saturated carbocycles. The van der Waals surface area contributed by atoms with Gasteiger partial charge < -0.3 is 10.6 Å². The molecule has 2 aromatic rings. The Morgan fingerprint density at radius 1 is 1.21 bits per heavy atom. The van der Waals surface area contributed by atoms with Gasteiger partial charge in [-0.2, -0.15) is 0 Å². The van der Waals surface area contributed by atoms with Gasteiger partial charge >= 0.3 is 0 Å². The molecule has 148 valence electrons. The number of carbonyl (C=O) groups excluding carboxylic acids is 1. The number of hydrogen-bond acceptors (Lipinski definition) is 4. The van der Waals surface area contributed by atoms with E-state index in [9.17, 15) is 13.2 Å². The minimum absolute atomic E-state index is 0.139. The summed E-state index contributed by atoms with van der Waals surface area (Å²) >= 11 is 6.23. The first-order valence-electron chi connectivity index (χ1n) is 9.09. The largest absolute Gasteiger partial charge is 0.380 e. The predicted octanol–water partition coefficient (Wildman–Crippen LogP) is 4.12. The lowest BCUT2D eigenvalue weighted by atomic mass is 10.0. The molecule has 7 heteroatoms. The topological polar surface area (TPSA) is 75.3 Å². The van der Waals surface area contributed by atoms with E-state index in [1.807, 2.05) is 42.5 Å². The van der Waals surface area contributed by atoms with Crippen molar-refractivity contribution in [2.45, 2.75) is 25.3 Å². The Morgan fingerprint density at radius 2 is 1.96 bits per heavy atom. The molecule has 1 aliphatic rings. The summed E-state index contributed by atoms with van der Waals surface area (Å²) in [5.74, 6) is 0.304. The van der Waals surface area contributed by atoms with Crippen LogP contribution in [0.2, 0.25) is 5.02 Å². The highest BCUT2D eigenvalue weighted by atomic mass is 35.5. The van der Waals surface area contributed by atoms with E-state index in [-0.39, 0.29) is 12.5 Å². The molecule has 0 heterocycles. The van der Waals surface area contributed by atoms with Gasteiger partial charge in [0.2, 0.25) is 0 Å². The van der Waals surface area contributed by atoms with Gasteiger partial charge in [-0.05, 0) is 48.1 Å². The maximum Gasteiger partial charge on any atom is 0.253 e. The van der Waals surface area contributed by atoms with E-state index in [2.05, 4.69) is 10.6 Å². The van der Waals surface area contributed by atoms with Crippen molar-refractivity contribution in [1.82, 2.24) is 5.32 Å². The molecule has 2 N–H and O–H groups in total. The molecule has 1 fully saturated rings. The minimum Gasteiger partial charge on any atom is -0.380 e. The number of amides is 1. The normalized spacial score (nSPS) is 14.2. The molecule has 5 nitrogen and oxygen atoms in total. The third kappa shape index (κ3) is 5.84. The van der Waals surface area contributed by atoms with Gasteiger partial charge in [-0.15, -0.1) is 0 Å². The Balaban J connectivity index is 1.75. The molecule has 0 radical (unpaired) electrons. The maximum absolute atomic E-state index is 12.6. The summed E-state index contributed by atoms with van der Waals surface area (Å²) < 4.78 is 22.3. The average molecular weight is 419 g/mol. The number of carbonyl (C=O) groups is 1. The molecule has 0 spiro atoms. The summed E-state index contributed by atoms with van der Waals surface area (Å²) in [6.07, 6.45) is 4.87. The lowest BCUT2D eigenvalue weighted by Crippen LogP contribution is -2.24. The SMILES string of the molecule is CS(=O)(=O)/C=C/CNC(=O)c1ccc(C2CC2)cc1NCc1ccccc1Cl. The first kappa shape index (κ1) is 20.4. The third-order valence-corrected chi connectivity index (χ3v) is 5.54. The molecule has 0 aliphatic heterocycles. The van der Waals surface area contributed by atoms with E-state index in [0.29, 0.717) is 23.0 Å². The second-order valence-electron chi connectivity index (χ2n) is 6.94.